The van der Waals surface area contributed by atoms with Crippen LogP contribution in [0.4, 0.5) is 24.7 Å². The molecule has 0 bridgehead atoms. The highest BCUT2D eigenvalue weighted by Crippen LogP contribution is 2.36. The lowest BCUT2D eigenvalue weighted by atomic mass is 10.2. The van der Waals surface area contributed by atoms with Gasteiger partial charge >= 0.3 is 6.18 Å². The van der Waals surface area contributed by atoms with Crippen LogP contribution in [0.2, 0.25) is 5.02 Å². The van der Waals surface area contributed by atoms with Gasteiger partial charge in [-0.15, -0.1) is 0 Å². The van der Waals surface area contributed by atoms with E-state index in [0.29, 0.717) is 6.07 Å². The topological polar surface area (TPSA) is 114 Å². The summed E-state index contributed by atoms with van der Waals surface area (Å²) in [6.45, 7) is 0. The summed E-state index contributed by atoms with van der Waals surface area (Å²) >= 11 is 5.54. The number of hydrogen-bond donors (Lipinski definition) is 2. The Bertz CT molecular complexity index is 1230. The van der Waals surface area contributed by atoms with Crippen LogP contribution in [-0.4, -0.2) is 18.2 Å². The first-order valence-electron chi connectivity index (χ1n) is 7.77. The number of halogens is 4. The molecule has 0 fully saturated rings. The molecule has 0 radical (unpaired) electrons. The molecule has 0 unspecified atom stereocenters. The van der Waals surface area contributed by atoms with E-state index in [1.54, 1.807) is 6.07 Å². The molecule has 2 aromatic carbocycles. The first-order valence-corrected chi connectivity index (χ1v) is 9.63. The summed E-state index contributed by atoms with van der Waals surface area (Å²) in [4.78, 5) is -0.629. The van der Waals surface area contributed by atoms with Gasteiger partial charge < -0.3 is 5.73 Å². The highest BCUT2D eigenvalue weighted by molar-refractivity contribution is 7.92. The van der Waals surface area contributed by atoms with Crippen molar-refractivity contribution in [2.75, 3.05) is 10.5 Å². The van der Waals surface area contributed by atoms with E-state index in [4.69, 9.17) is 22.6 Å². The van der Waals surface area contributed by atoms with Crippen molar-refractivity contribution in [3.8, 4) is 11.8 Å². The van der Waals surface area contributed by atoms with Crippen molar-refractivity contribution >= 4 is 33.1 Å². The van der Waals surface area contributed by atoms with Crippen LogP contribution in [0.5, 0.6) is 0 Å². The van der Waals surface area contributed by atoms with Gasteiger partial charge in [0, 0.05) is 0 Å². The highest BCUT2D eigenvalue weighted by Gasteiger charge is 2.34. The minimum absolute atomic E-state index is 0.00435. The Balaban J connectivity index is 2.05. The van der Waals surface area contributed by atoms with Crippen LogP contribution in [0.15, 0.2) is 53.6 Å². The van der Waals surface area contributed by atoms with E-state index in [2.05, 4.69) is 9.82 Å². The lowest BCUT2D eigenvalue weighted by Gasteiger charge is -2.15. The molecule has 3 N–H and O–H groups in total. The molecule has 0 aliphatic heterocycles. The second-order valence-corrected chi connectivity index (χ2v) is 7.82. The molecule has 1 aromatic heterocycles. The molecule has 0 spiro atoms. The van der Waals surface area contributed by atoms with E-state index >= 15 is 0 Å². The third kappa shape index (κ3) is 3.98. The maximum Gasteiger partial charge on any atom is 0.417 e. The van der Waals surface area contributed by atoms with Gasteiger partial charge in [0.15, 0.2) is 0 Å². The maximum absolute atomic E-state index is 13.1. The molecule has 1 heterocycles. The number of nitrogen functional groups attached to an aromatic ring is 1. The number of anilines is 2. The van der Waals surface area contributed by atoms with Gasteiger partial charge in [-0.25, -0.2) is 13.1 Å². The summed E-state index contributed by atoms with van der Waals surface area (Å²) in [6, 6.07) is 10.0. The molecule has 0 atom stereocenters. The molecular formula is C17H11ClF3N5O2S. The predicted octanol–water partition coefficient (Wildman–Crippen LogP) is 3.80. The quantitative estimate of drug-likeness (QED) is 0.639. The zero-order chi connectivity index (χ0) is 21.4. The van der Waals surface area contributed by atoms with Crippen LogP contribution >= 0.6 is 11.6 Å². The van der Waals surface area contributed by atoms with Crippen LogP contribution in [0.1, 0.15) is 11.1 Å². The molecule has 0 amide bonds. The summed E-state index contributed by atoms with van der Waals surface area (Å²) in [5, 5.41) is 12.3. The smallest absolute Gasteiger partial charge is 0.382 e. The van der Waals surface area contributed by atoms with Crippen molar-refractivity contribution in [1.29, 1.82) is 5.26 Å². The number of hydrogen-bond acceptors (Lipinski definition) is 5. The van der Waals surface area contributed by atoms with Crippen molar-refractivity contribution in [3.63, 3.8) is 0 Å². The standard InChI is InChI=1S/C17H11ClF3N5O2S/c18-13-6-5-11(7-12(13)17(19,20)21)29(27,28)25-14-3-1-2-4-15(14)26-16(23)10(8-22)9-24-26/h1-7,9,25H,23H2. The normalized spacial score (nSPS) is 11.8. The second-order valence-electron chi connectivity index (χ2n) is 5.73. The average Bonchev–Trinajstić information content (AvgIpc) is 3.01. The molecule has 150 valence electrons. The molecule has 7 nitrogen and oxygen atoms in total. The fraction of sp³-hybridized carbons (Fsp3) is 0.0588. The SMILES string of the molecule is N#Cc1cnn(-c2ccccc2NS(=O)(=O)c2ccc(Cl)c(C(F)(F)F)c2)c1N. The highest BCUT2D eigenvalue weighted by atomic mass is 35.5. The number of aromatic nitrogens is 2. The van der Waals surface area contributed by atoms with Crippen LogP contribution in [0.3, 0.4) is 0 Å². The zero-order valence-corrected chi connectivity index (χ0v) is 15.8. The van der Waals surface area contributed by atoms with Crippen LogP contribution in [0, 0.1) is 11.3 Å². The lowest BCUT2D eigenvalue weighted by Crippen LogP contribution is -2.17. The molecule has 0 saturated heterocycles. The van der Waals surface area contributed by atoms with Crippen molar-refractivity contribution in [2.24, 2.45) is 0 Å². The monoisotopic (exact) mass is 441 g/mol. The minimum atomic E-state index is -4.82. The lowest BCUT2D eigenvalue weighted by molar-refractivity contribution is -0.137. The molecule has 0 aliphatic carbocycles. The van der Waals surface area contributed by atoms with Gasteiger partial charge in [-0.1, -0.05) is 23.7 Å². The Morgan fingerprint density at radius 1 is 1.21 bits per heavy atom. The van der Waals surface area contributed by atoms with Crippen LogP contribution < -0.4 is 10.5 Å². The number of alkyl halides is 3. The van der Waals surface area contributed by atoms with Gasteiger partial charge in [-0.3, -0.25) is 4.72 Å². The summed E-state index contributed by atoms with van der Waals surface area (Å²) in [5.74, 6) is -0.0231. The number of nitriles is 1. The van der Waals surface area contributed by atoms with Crippen molar-refractivity contribution in [3.05, 3.63) is 64.8 Å². The molecule has 29 heavy (non-hydrogen) atoms. The van der Waals surface area contributed by atoms with Gasteiger partial charge in [-0.05, 0) is 30.3 Å². The Hall–Kier alpha value is -3.23. The molecule has 3 rings (SSSR count). The Morgan fingerprint density at radius 3 is 2.52 bits per heavy atom. The van der Waals surface area contributed by atoms with Gasteiger partial charge in [0.05, 0.1) is 33.1 Å². The molecule has 0 aliphatic rings. The van der Waals surface area contributed by atoms with E-state index in [0.717, 1.165) is 16.8 Å². The van der Waals surface area contributed by atoms with Crippen LogP contribution in [-0.2, 0) is 16.2 Å². The van der Waals surface area contributed by atoms with E-state index in [1.165, 1.54) is 24.4 Å². The average molecular weight is 442 g/mol. The summed E-state index contributed by atoms with van der Waals surface area (Å²) in [5.41, 5.74) is 4.82. The maximum atomic E-state index is 13.1. The molecule has 12 heteroatoms. The third-order valence-corrected chi connectivity index (χ3v) is 5.55. The fourth-order valence-corrected chi connectivity index (χ4v) is 3.80. The molecule has 0 saturated carbocycles. The van der Waals surface area contributed by atoms with Crippen molar-refractivity contribution in [1.82, 2.24) is 9.78 Å². The predicted molar refractivity (Wildman–Crippen MR) is 100.0 cm³/mol. The second kappa shape index (κ2) is 7.31. The summed E-state index contributed by atoms with van der Waals surface area (Å²) in [7, 11) is -4.41. The van der Waals surface area contributed by atoms with E-state index in [-0.39, 0.29) is 22.8 Å². The number of para-hydroxylation sites is 2. The summed E-state index contributed by atoms with van der Waals surface area (Å²) in [6.07, 6.45) is -3.62. The zero-order valence-electron chi connectivity index (χ0n) is 14.3. The Morgan fingerprint density at radius 2 is 1.90 bits per heavy atom. The Kier molecular flexibility index (Phi) is 5.16. The first kappa shape index (κ1) is 20.5. The molecular weight excluding hydrogens is 431 g/mol. The van der Waals surface area contributed by atoms with Gasteiger partial charge in [-0.2, -0.15) is 23.5 Å². The number of sulfonamides is 1. The Labute approximate surface area is 168 Å². The minimum Gasteiger partial charge on any atom is -0.382 e. The fourth-order valence-electron chi connectivity index (χ4n) is 2.47. The van der Waals surface area contributed by atoms with E-state index < -0.39 is 31.7 Å². The van der Waals surface area contributed by atoms with Crippen molar-refractivity contribution in [2.45, 2.75) is 11.1 Å². The summed E-state index contributed by atoms with van der Waals surface area (Å²) < 4.78 is 67.9. The number of rotatable bonds is 4. The number of nitrogens with one attached hydrogen (secondary N) is 1. The number of nitrogens with two attached hydrogens (primary N) is 1. The van der Waals surface area contributed by atoms with E-state index in [9.17, 15) is 21.6 Å². The van der Waals surface area contributed by atoms with Gasteiger partial charge in [0.25, 0.3) is 10.0 Å². The number of benzene rings is 2. The van der Waals surface area contributed by atoms with Gasteiger partial charge in [0.1, 0.15) is 17.5 Å². The first-order chi connectivity index (χ1) is 13.5. The van der Waals surface area contributed by atoms with E-state index in [1.807, 2.05) is 6.07 Å². The van der Waals surface area contributed by atoms with Crippen molar-refractivity contribution < 1.29 is 21.6 Å². The van der Waals surface area contributed by atoms with Crippen LogP contribution in [0.25, 0.3) is 5.69 Å². The van der Waals surface area contributed by atoms with Gasteiger partial charge in [0.2, 0.25) is 0 Å². The number of nitrogens with zero attached hydrogens (tertiary/aromatic N) is 3. The largest absolute Gasteiger partial charge is 0.417 e. The molecule has 3 aromatic rings. The third-order valence-electron chi connectivity index (χ3n) is 3.86.